The summed E-state index contributed by atoms with van der Waals surface area (Å²) in [7, 11) is 2.13. The van der Waals surface area contributed by atoms with Gasteiger partial charge >= 0.3 is 0 Å². The second kappa shape index (κ2) is 9.17. The van der Waals surface area contributed by atoms with E-state index in [2.05, 4.69) is 22.2 Å². The van der Waals surface area contributed by atoms with E-state index in [4.69, 9.17) is 9.47 Å². The van der Waals surface area contributed by atoms with Gasteiger partial charge in [0.15, 0.2) is 0 Å². The zero-order valence-electron chi connectivity index (χ0n) is 15.1. The van der Waals surface area contributed by atoms with Crippen molar-refractivity contribution in [2.75, 3.05) is 58.3 Å². The van der Waals surface area contributed by atoms with E-state index in [0.29, 0.717) is 13.2 Å². The van der Waals surface area contributed by atoms with Crippen molar-refractivity contribution in [3.63, 3.8) is 0 Å². The molecule has 0 aliphatic carbocycles. The minimum absolute atomic E-state index is 0.0394. The number of anilines is 1. The number of ether oxygens (including phenoxy) is 2. The van der Waals surface area contributed by atoms with E-state index in [1.165, 1.54) is 0 Å². The monoisotopic (exact) mass is 347 g/mol. The first-order valence-electron chi connectivity index (χ1n) is 9.24. The molecule has 0 bridgehead atoms. The average molecular weight is 347 g/mol. The van der Waals surface area contributed by atoms with Crippen molar-refractivity contribution in [3.8, 4) is 5.75 Å². The van der Waals surface area contributed by atoms with Crippen molar-refractivity contribution in [1.82, 2.24) is 9.80 Å². The van der Waals surface area contributed by atoms with Crippen LogP contribution in [0.3, 0.4) is 0 Å². The van der Waals surface area contributed by atoms with Crippen LogP contribution in [0.4, 0.5) is 5.69 Å². The van der Waals surface area contributed by atoms with Crippen LogP contribution in [0.2, 0.25) is 0 Å². The fraction of sp³-hybridized carbons (Fsp3) is 0.632. The quantitative estimate of drug-likeness (QED) is 0.851. The van der Waals surface area contributed by atoms with Gasteiger partial charge in [-0.15, -0.1) is 0 Å². The van der Waals surface area contributed by atoms with Gasteiger partial charge in [-0.1, -0.05) is 0 Å². The van der Waals surface area contributed by atoms with Crippen LogP contribution in [0.1, 0.15) is 19.3 Å². The van der Waals surface area contributed by atoms with Crippen molar-refractivity contribution in [1.29, 1.82) is 0 Å². The summed E-state index contributed by atoms with van der Waals surface area (Å²) in [6, 6.07) is 7.56. The van der Waals surface area contributed by atoms with E-state index in [1.54, 1.807) is 0 Å². The predicted octanol–water partition coefficient (Wildman–Crippen LogP) is 1.82. The van der Waals surface area contributed by atoms with E-state index < -0.39 is 0 Å². The van der Waals surface area contributed by atoms with Crippen molar-refractivity contribution in [2.24, 2.45) is 0 Å². The minimum Gasteiger partial charge on any atom is -0.491 e. The van der Waals surface area contributed by atoms with Crippen LogP contribution in [-0.2, 0) is 9.53 Å². The van der Waals surface area contributed by atoms with Crippen molar-refractivity contribution in [2.45, 2.75) is 25.4 Å². The maximum atomic E-state index is 12.2. The molecule has 2 fully saturated rings. The highest BCUT2D eigenvalue weighted by molar-refractivity contribution is 5.92. The van der Waals surface area contributed by atoms with Gasteiger partial charge in [0.25, 0.3) is 0 Å². The Morgan fingerprint density at radius 2 is 2.04 bits per heavy atom. The summed E-state index contributed by atoms with van der Waals surface area (Å²) in [5, 5.41) is 2.97. The molecular weight excluding hydrogens is 318 g/mol. The summed E-state index contributed by atoms with van der Waals surface area (Å²) in [5.74, 6) is 0.849. The molecule has 3 rings (SSSR count). The molecule has 6 heteroatoms. The zero-order chi connectivity index (χ0) is 17.5. The Kier molecular flexibility index (Phi) is 6.67. The van der Waals surface area contributed by atoms with E-state index in [1.807, 2.05) is 24.3 Å². The molecule has 2 heterocycles. The first kappa shape index (κ1) is 18.2. The second-order valence-corrected chi connectivity index (χ2v) is 6.95. The molecule has 2 saturated heterocycles. The normalized spacial score (nSPS) is 22.5. The number of hydrogen-bond acceptors (Lipinski definition) is 5. The maximum absolute atomic E-state index is 12.2. The molecule has 1 N–H and O–H groups in total. The summed E-state index contributed by atoms with van der Waals surface area (Å²) in [6.45, 7) is 5.93. The van der Waals surface area contributed by atoms with Crippen LogP contribution < -0.4 is 10.1 Å². The second-order valence-electron chi connectivity index (χ2n) is 6.95. The fourth-order valence-corrected chi connectivity index (χ4v) is 3.26. The van der Waals surface area contributed by atoms with Crippen LogP contribution in [0.25, 0.3) is 0 Å². The molecule has 1 unspecified atom stereocenters. The molecular formula is C19H29N3O3. The van der Waals surface area contributed by atoms with E-state index in [-0.39, 0.29) is 12.0 Å². The van der Waals surface area contributed by atoms with Crippen LogP contribution in [0, 0.1) is 0 Å². The van der Waals surface area contributed by atoms with Gasteiger partial charge in [-0.05, 0) is 63.7 Å². The van der Waals surface area contributed by atoms with Gasteiger partial charge in [0.2, 0.25) is 5.91 Å². The van der Waals surface area contributed by atoms with Gasteiger partial charge < -0.3 is 19.7 Å². The van der Waals surface area contributed by atoms with E-state index >= 15 is 0 Å². The van der Waals surface area contributed by atoms with Gasteiger partial charge in [0, 0.05) is 25.4 Å². The highest BCUT2D eigenvalue weighted by atomic mass is 16.5. The Hall–Kier alpha value is -1.63. The average Bonchev–Trinajstić information content (AvgIpc) is 3.04. The van der Waals surface area contributed by atoms with E-state index in [0.717, 1.165) is 63.5 Å². The van der Waals surface area contributed by atoms with Crippen molar-refractivity contribution >= 4 is 11.6 Å². The standard InChI is InChI=1S/C19H29N3O3/c1-21-9-3-10-22(12-11-21)14-19(23)20-16-5-7-17(8-6-16)25-15-18-4-2-13-24-18/h5-8,18H,2-4,9-15H2,1H3,(H,20,23). The molecule has 0 radical (unpaired) electrons. The van der Waals surface area contributed by atoms with E-state index in [9.17, 15) is 4.79 Å². The largest absolute Gasteiger partial charge is 0.491 e. The zero-order valence-corrected chi connectivity index (χ0v) is 15.1. The number of nitrogens with one attached hydrogen (secondary N) is 1. The van der Waals surface area contributed by atoms with Gasteiger partial charge in [0.1, 0.15) is 12.4 Å². The highest BCUT2D eigenvalue weighted by Crippen LogP contribution is 2.18. The third-order valence-corrected chi connectivity index (χ3v) is 4.78. The van der Waals surface area contributed by atoms with Crippen molar-refractivity contribution < 1.29 is 14.3 Å². The van der Waals surface area contributed by atoms with Gasteiger partial charge in [-0.3, -0.25) is 9.69 Å². The molecule has 138 valence electrons. The Labute approximate surface area is 150 Å². The summed E-state index contributed by atoms with van der Waals surface area (Å²) in [4.78, 5) is 16.8. The summed E-state index contributed by atoms with van der Waals surface area (Å²) in [5.41, 5.74) is 0.807. The van der Waals surface area contributed by atoms with Crippen LogP contribution in [-0.4, -0.2) is 74.8 Å². The Bertz CT molecular complexity index is 543. The first-order chi connectivity index (χ1) is 12.2. The third-order valence-electron chi connectivity index (χ3n) is 4.78. The number of nitrogens with zero attached hydrogens (tertiary/aromatic N) is 2. The lowest BCUT2D eigenvalue weighted by molar-refractivity contribution is -0.117. The lowest BCUT2D eigenvalue weighted by Gasteiger charge is -2.19. The van der Waals surface area contributed by atoms with Gasteiger partial charge in [-0.2, -0.15) is 0 Å². The molecule has 0 spiro atoms. The Morgan fingerprint density at radius 1 is 1.20 bits per heavy atom. The number of rotatable bonds is 6. The number of carbonyl (C=O) groups excluding carboxylic acids is 1. The lowest BCUT2D eigenvalue weighted by Crippen LogP contribution is -2.35. The van der Waals surface area contributed by atoms with Crippen LogP contribution in [0.15, 0.2) is 24.3 Å². The third kappa shape index (κ3) is 5.99. The Morgan fingerprint density at radius 3 is 2.80 bits per heavy atom. The molecule has 2 aliphatic rings. The van der Waals surface area contributed by atoms with Gasteiger partial charge in [0.05, 0.1) is 12.6 Å². The molecule has 1 atom stereocenters. The smallest absolute Gasteiger partial charge is 0.238 e. The highest BCUT2D eigenvalue weighted by Gasteiger charge is 2.16. The summed E-state index contributed by atoms with van der Waals surface area (Å²) in [6.07, 6.45) is 3.51. The van der Waals surface area contributed by atoms with Crippen LogP contribution in [0.5, 0.6) is 5.75 Å². The van der Waals surface area contributed by atoms with Gasteiger partial charge in [-0.25, -0.2) is 0 Å². The first-order valence-corrected chi connectivity index (χ1v) is 9.24. The molecule has 6 nitrogen and oxygen atoms in total. The van der Waals surface area contributed by atoms with Crippen LogP contribution >= 0.6 is 0 Å². The fourth-order valence-electron chi connectivity index (χ4n) is 3.26. The molecule has 1 aromatic rings. The molecule has 0 saturated carbocycles. The minimum atomic E-state index is 0.0394. The SMILES string of the molecule is CN1CCCN(CC(=O)Nc2ccc(OCC3CCCO3)cc2)CC1. The molecule has 1 aromatic carbocycles. The lowest BCUT2D eigenvalue weighted by atomic mass is 10.2. The summed E-state index contributed by atoms with van der Waals surface area (Å²) < 4.78 is 11.3. The maximum Gasteiger partial charge on any atom is 0.238 e. The van der Waals surface area contributed by atoms with Crippen molar-refractivity contribution in [3.05, 3.63) is 24.3 Å². The number of carbonyl (C=O) groups is 1. The summed E-state index contributed by atoms with van der Waals surface area (Å²) >= 11 is 0. The Balaban J connectivity index is 1.41. The number of hydrogen-bond donors (Lipinski definition) is 1. The topological polar surface area (TPSA) is 54.0 Å². The number of likely N-dealkylation sites (N-methyl/N-ethyl adjacent to an activating group) is 1. The number of benzene rings is 1. The molecule has 2 aliphatic heterocycles. The predicted molar refractivity (Wildman–Crippen MR) is 98.1 cm³/mol. The molecule has 0 aromatic heterocycles. The molecule has 25 heavy (non-hydrogen) atoms. The molecule has 1 amide bonds. The number of amides is 1.